The number of carbonyl (C=O) groups is 12. The molecule has 0 saturated carbocycles. The lowest BCUT2D eigenvalue weighted by atomic mass is 10.0. The van der Waals surface area contributed by atoms with Gasteiger partial charge in [0.2, 0.25) is 35.4 Å². The lowest BCUT2D eigenvalue weighted by Gasteiger charge is -2.26. The van der Waals surface area contributed by atoms with E-state index in [0.717, 1.165) is 0 Å². The maximum absolute atomic E-state index is 13.8. The van der Waals surface area contributed by atoms with E-state index in [9.17, 15) is 88.2 Å². The van der Waals surface area contributed by atoms with Crippen LogP contribution >= 0.6 is 0 Å². The molecule has 2 aromatic heterocycles. The van der Waals surface area contributed by atoms with Crippen LogP contribution in [-0.2, 0) is 47.9 Å². The number of aliphatic carboxylic acids is 4. The number of aliphatic hydroxyl groups is 2. The summed E-state index contributed by atoms with van der Waals surface area (Å²) in [6.45, 7) is -1.63. The Hall–Kier alpha value is -7.96. The number of hydrogen-bond acceptors (Lipinski definition) is 16. The van der Waals surface area contributed by atoms with Crippen molar-refractivity contribution >= 4 is 71.1 Å². The van der Waals surface area contributed by atoms with Gasteiger partial charge in [-0.3, -0.25) is 47.9 Å². The minimum atomic E-state index is -1.97. The Morgan fingerprint density at radius 3 is 0.973 bits per heavy atom. The molecule has 0 aromatic carbocycles. The van der Waals surface area contributed by atoms with Crippen LogP contribution in [0.2, 0.25) is 0 Å². The molecule has 8 atom stereocenters. The highest BCUT2D eigenvalue weighted by Crippen LogP contribution is 2.12. The zero-order valence-corrected chi connectivity index (χ0v) is 40.1. The van der Waals surface area contributed by atoms with E-state index in [4.69, 9.17) is 11.5 Å². The van der Waals surface area contributed by atoms with Crippen molar-refractivity contribution < 1.29 is 88.2 Å². The van der Waals surface area contributed by atoms with Crippen molar-refractivity contribution in [2.75, 3.05) is 26.3 Å². The number of rotatable bonds is 37. The van der Waals surface area contributed by atoms with E-state index in [-0.39, 0.29) is 63.0 Å². The molecule has 410 valence electrons. The number of unbranched alkanes of at least 4 members (excludes halogenated alkanes) is 3. The zero-order chi connectivity index (χ0) is 55.3. The standard InChI is InChI=1S/C44H66N12O18/c45-15-5-3-11-27(43(71)72)51-37(65)25(49-39(67)29(19-33(59)60)53-41(69)31(21-57)55-35(63)23-13-7-17-47-23)9-1-2-10-26(38(66)52-28(44(73)74)12-4-6-16-46)50-40(68)30(20-34(61)62)54-42(70)32(22-58)56-36(64)24-14-8-18-48-24/h7-8,13-14,17-18,25-32,47-48,57-58H,1-6,9-12,15-16,19-22,45-46H2,(H,49,67)(H,50,68)(H,51,65)(H,52,66)(H,53,69)(H,54,70)(H,55,63)(H,56,64)(H,59,60)(H,61,62)(H,71,72)(H,73,74)/t25-,26-,27-,28-,29-,30-,31-,32-/m0/s1. The number of amides is 8. The third-order valence-corrected chi connectivity index (χ3v) is 10.9. The largest absolute Gasteiger partial charge is 0.481 e. The fraction of sp³-hybridized carbons (Fsp3) is 0.545. The topological polar surface area (TPSA) is 506 Å². The van der Waals surface area contributed by atoms with Gasteiger partial charge in [0.05, 0.1) is 26.1 Å². The molecule has 0 spiro atoms. The summed E-state index contributed by atoms with van der Waals surface area (Å²) in [5.41, 5.74) is 11.0. The molecule has 2 heterocycles. The van der Waals surface area contributed by atoms with Gasteiger partial charge in [0, 0.05) is 12.4 Å². The molecular formula is C44H66N12O18. The van der Waals surface area contributed by atoms with E-state index in [1.807, 2.05) is 0 Å². The second-order valence-corrected chi connectivity index (χ2v) is 16.7. The average Bonchev–Trinajstić information content (AvgIpc) is 4.10. The summed E-state index contributed by atoms with van der Waals surface area (Å²) in [7, 11) is 0. The third kappa shape index (κ3) is 22.2. The van der Waals surface area contributed by atoms with E-state index in [1.165, 1.54) is 36.7 Å². The fourth-order valence-corrected chi connectivity index (χ4v) is 6.94. The van der Waals surface area contributed by atoms with Gasteiger partial charge in [0.15, 0.2) is 0 Å². The van der Waals surface area contributed by atoms with Gasteiger partial charge in [0.1, 0.15) is 59.7 Å². The van der Waals surface area contributed by atoms with Crippen LogP contribution in [0, 0.1) is 0 Å². The van der Waals surface area contributed by atoms with Crippen molar-refractivity contribution in [3.05, 3.63) is 48.0 Å². The first-order valence-electron chi connectivity index (χ1n) is 23.4. The number of nitrogens with two attached hydrogens (primary N) is 2. The van der Waals surface area contributed by atoms with Crippen LogP contribution in [0.5, 0.6) is 0 Å². The molecule has 0 fully saturated rings. The summed E-state index contributed by atoms with van der Waals surface area (Å²) in [4.78, 5) is 160. The number of aliphatic hydroxyl groups excluding tert-OH is 2. The molecule has 30 nitrogen and oxygen atoms in total. The molecule has 0 radical (unpaired) electrons. The predicted molar refractivity (Wildman–Crippen MR) is 254 cm³/mol. The summed E-state index contributed by atoms with van der Waals surface area (Å²) in [5.74, 6) is -15.1. The van der Waals surface area contributed by atoms with Gasteiger partial charge in [-0.1, -0.05) is 12.8 Å². The van der Waals surface area contributed by atoms with Crippen molar-refractivity contribution in [1.29, 1.82) is 0 Å². The summed E-state index contributed by atoms with van der Waals surface area (Å²) in [5, 5.41) is 76.6. The summed E-state index contributed by atoms with van der Waals surface area (Å²) >= 11 is 0. The lowest BCUT2D eigenvalue weighted by molar-refractivity contribution is -0.143. The van der Waals surface area contributed by atoms with Crippen molar-refractivity contribution in [3.8, 4) is 0 Å². The minimum absolute atomic E-state index is 0.0136. The molecule has 2 rings (SSSR count). The number of H-pyrrole nitrogens is 2. The van der Waals surface area contributed by atoms with Gasteiger partial charge >= 0.3 is 23.9 Å². The van der Waals surface area contributed by atoms with E-state index in [0.29, 0.717) is 12.8 Å². The van der Waals surface area contributed by atoms with Crippen molar-refractivity contribution in [1.82, 2.24) is 52.5 Å². The fourth-order valence-electron chi connectivity index (χ4n) is 6.94. The van der Waals surface area contributed by atoms with Crippen molar-refractivity contribution in [2.24, 2.45) is 11.5 Å². The first-order valence-corrected chi connectivity index (χ1v) is 23.4. The molecule has 20 N–H and O–H groups in total. The number of carbonyl (C=O) groups excluding carboxylic acids is 8. The van der Waals surface area contributed by atoms with E-state index >= 15 is 0 Å². The number of nitrogens with one attached hydrogen (secondary N) is 10. The first kappa shape index (κ1) is 62.2. The van der Waals surface area contributed by atoms with Crippen LogP contribution < -0.4 is 54.0 Å². The Morgan fingerprint density at radius 2 is 0.689 bits per heavy atom. The van der Waals surface area contributed by atoms with E-state index in [1.54, 1.807) is 0 Å². The Balaban J connectivity index is 2.45. The molecule has 30 heteroatoms. The lowest BCUT2D eigenvalue weighted by Crippen LogP contribution is -2.58. The summed E-state index contributed by atoms with van der Waals surface area (Å²) < 4.78 is 0. The quantitative estimate of drug-likeness (QED) is 0.0282. The molecule has 8 amide bonds. The molecular weight excluding hydrogens is 985 g/mol. The number of aromatic nitrogens is 2. The number of aromatic amines is 2. The molecule has 0 aliphatic carbocycles. The molecule has 74 heavy (non-hydrogen) atoms. The Morgan fingerprint density at radius 1 is 0.405 bits per heavy atom. The average molecular weight is 1050 g/mol. The van der Waals surface area contributed by atoms with Crippen molar-refractivity contribution in [3.63, 3.8) is 0 Å². The van der Waals surface area contributed by atoms with Crippen LogP contribution in [-0.4, -0.2) is 186 Å². The first-order chi connectivity index (χ1) is 35.1. The minimum Gasteiger partial charge on any atom is -0.481 e. The maximum Gasteiger partial charge on any atom is 0.326 e. The Bertz CT molecular complexity index is 2060. The second-order valence-electron chi connectivity index (χ2n) is 16.7. The van der Waals surface area contributed by atoms with Crippen LogP contribution in [0.4, 0.5) is 0 Å². The number of carboxylic acids is 4. The van der Waals surface area contributed by atoms with Gasteiger partial charge in [-0.05, 0) is 88.7 Å². The summed E-state index contributed by atoms with van der Waals surface area (Å²) in [6.07, 6.45) is 0.409. The van der Waals surface area contributed by atoms with Gasteiger partial charge in [-0.15, -0.1) is 0 Å². The molecule has 0 bridgehead atoms. The zero-order valence-electron chi connectivity index (χ0n) is 40.1. The van der Waals surface area contributed by atoms with Gasteiger partial charge < -0.3 is 94.6 Å². The highest BCUT2D eigenvalue weighted by molar-refractivity contribution is 6.00. The van der Waals surface area contributed by atoms with Gasteiger partial charge in [-0.25, -0.2) is 9.59 Å². The third-order valence-electron chi connectivity index (χ3n) is 10.9. The smallest absolute Gasteiger partial charge is 0.326 e. The number of carboxylic acid groups (broad SMARTS) is 4. The summed E-state index contributed by atoms with van der Waals surface area (Å²) in [6, 6.07) is -8.18. The highest BCUT2D eigenvalue weighted by atomic mass is 16.4. The monoisotopic (exact) mass is 1050 g/mol. The molecule has 0 aliphatic rings. The Kier molecular flexibility index (Phi) is 27.6. The molecule has 0 aliphatic heterocycles. The van der Waals surface area contributed by atoms with Gasteiger partial charge in [0.25, 0.3) is 11.8 Å². The molecule has 2 aromatic rings. The molecule has 0 unspecified atom stereocenters. The molecule has 0 saturated heterocycles. The second kappa shape index (κ2) is 32.9. The van der Waals surface area contributed by atoms with E-state index < -0.39 is 158 Å². The van der Waals surface area contributed by atoms with E-state index in [2.05, 4.69) is 52.5 Å². The van der Waals surface area contributed by atoms with Crippen LogP contribution in [0.1, 0.15) is 98.0 Å². The van der Waals surface area contributed by atoms with Gasteiger partial charge in [-0.2, -0.15) is 0 Å². The van der Waals surface area contributed by atoms with Crippen LogP contribution in [0.25, 0.3) is 0 Å². The Labute approximate surface area is 422 Å². The number of hydrogen-bond donors (Lipinski definition) is 18. The predicted octanol–water partition coefficient (Wildman–Crippen LogP) is -4.93. The SMILES string of the molecule is NCCCC[C@H](NC(=O)[C@H](CCCC[C@H](NC(=O)[C@H](CC(=O)O)NC(=O)[C@H](CO)NC(=O)c1ccc[nH]1)C(=O)N[C@@H](CCCCN)C(=O)O)NC(=O)[C@H](CC(=O)O)NC(=O)[C@H](CO)NC(=O)c1ccc[nH]1)C(=O)O. The van der Waals surface area contributed by atoms with Crippen molar-refractivity contribution in [2.45, 2.75) is 125 Å². The van der Waals surface area contributed by atoms with Crippen LogP contribution in [0.3, 0.4) is 0 Å². The maximum atomic E-state index is 13.8. The normalized spacial score (nSPS) is 14.2. The highest BCUT2D eigenvalue weighted by Gasteiger charge is 2.35. The van der Waals surface area contributed by atoms with Crippen LogP contribution in [0.15, 0.2) is 36.7 Å².